The Bertz CT molecular complexity index is 3710. The maximum atomic E-state index is 6.83. The van der Waals surface area contributed by atoms with Gasteiger partial charge in [0.05, 0.1) is 38.8 Å². The van der Waals surface area contributed by atoms with E-state index in [9.17, 15) is 0 Å². The van der Waals surface area contributed by atoms with Gasteiger partial charge in [-0.05, 0) is 91.4 Å². The first-order chi connectivity index (χ1) is 30.3. The number of aromatic nitrogens is 4. The zero-order valence-electron chi connectivity index (χ0n) is 33.3. The third kappa shape index (κ3) is 5.20. The van der Waals surface area contributed by atoms with Crippen molar-refractivity contribution in [2.24, 2.45) is 0 Å². The van der Waals surface area contributed by atoms with Crippen LogP contribution in [0.5, 0.6) is 0 Å². The number of furan rings is 1. The number of benzene rings is 7. The molecule has 0 radical (unpaired) electrons. The van der Waals surface area contributed by atoms with Gasteiger partial charge in [-0.3, -0.25) is 0 Å². The lowest BCUT2D eigenvalue weighted by Crippen LogP contribution is -2.05. The normalized spacial score (nSPS) is 13.9. The van der Waals surface area contributed by atoms with Gasteiger partial charge >= 0.3 is 0 Å². The second kappa shape index (κ2) is 13.4. The lowest BCUT2D eigenvalue weighted by atomic mass is 9.96. The highest BCUT2D eigenvalue weighted by Gasteiger charge is 2.25. The summed E-state index contributed by atoms with van der Waals surface area (Å²) in [5.74, 6) is 0.717. The van der Waals surface area contributed by atoms with Gasteiger partial charge in [0.25, 0.3) is 0 Å². The van der Waals surface area contributed by atoms with Crippen molar-refractivity contribution in [2.75, 3.05) is 0 Å². The molecule has 2 aliphatic rings. The van der Waals surface area contributed by atoms with E-state index >= 15 is 0 Å². The molecule has 61 heavy (non-hydrogen) atoms. The minimum absolute atomic E-state index is 0.717. The van der Waals surface area contributed by atoms with Gasteiger partial charge < -0.3 is 13.6 Å². The van der Waals surface area contributed by atoms with E-state index < -0.39 is 0 Å². The van der Waals surface area contributed by atoms with Crippen LogP contribution in [-0.4, -0.2) is 19.1 Å². The fourth-order valence-electron chi connectivity index (χ4n) is 10.1. The van der Waals surface area contributed by atoms with Crippen LogP contribution in [0.1, 0.15) is 36.1 Å². The topological polar surface area (TPSA) is 48.8 Å². The average molecular weight is 783 g/mol. The van der Waals surface area contributed by atoms with E-state index in [0.29, 0.717) is 0 Å². The van der Waals surface area contributed by atoms with Crippen LogP contribution in [0.25, 0.3) is 111 Å². The fraction of sp³-hybridized carbons (Fsp3) is 0.0714. The highest BCUT2D eigenvalue weighted by molar-refractivity contribution is 6.29. The number of hydrogen-bond donors (Lipinski definition) is 0. The first-order valence-electron chi connectivity index (χ1n) is 21.3. The minimum atomic E-state index is 0.717. The maximum Gasteiger partial charge on any atom is 0.160 e. The monoisotopic (exact) mass is 782 g/mol. The third-order valence-electron chi connectivity index (χ3n) is 12.8. The van der Waals surface area contributed by atoms with Crippen molar-refractivity contribution in [3.8, 4) is 34.0 Å². The second-order valence-electron chi connectivity index (χ2n) is 16.3. The molecule has 0 fully saturated rings. The molecule has 0 N–H and O–H groups in total. The van der Waals surface area contributed by atoms with E-state index in [0.717, 1.165) is 115 Å². The van der Waals surface area contributed by atoms with Crippen LogP contribution in [0.2, 0.25) is 0 Å². The Morgan fingerprint density at radius 1 is 0.508 bits per heavy atom. The maximum absolute atomic E-state index is 6.83. The van der Waals surface area contributed by atoms with Crippen LogP contribution in [0.3, 0.4) is 0 Å². The number of para-hydroxylation sites is 2. The molecule has 0 spiro atoms. The molecular weight excluding hydrogens is 745 g/mol. The molecule has 4 heterocycles. The van der Waals surface area contributed by atoms with Gasteiger partial charge in [0.15, 0.2) is 5.82 Å². The Kier molecular flexibility index (Phi) is 7.49. The summed E-state index contributed by atoms with van der Waals surface area (Å²) in [6.07, 6.45) is 15.1. The van der Waals surface area contributed by atoms with Crippen molar-refractivity contribution in [1.82, 2.24) is 19.1 Å². The van der Waals surface area contributed by atoms with Gasteiger partial charge in [0.1, 0.15) is 11.2 Å². The molecule has 288 valence electrons. The van der Waals surface area contributed by atoms with Gasteiger partial charge in [0.2, 0.25) is 0 Å². The first kappa shape index (κ1) is 34.1. The molecule has 11 aromatic rings. The average Bonchev–Trinajstić information content (AvgIpc) is 4.00. The predicted octanol–water partition coefficient (Wildman–Crippen LogP) is 14.6. The highest BCUT2D eigenvalue weighted by atomic mass is 16.3. The zero-order valence-corrected chi connectivity index (χ0v) is 33.3. The van der Waals surface area contributed by atoms with Gasteiger partial charge in [-0.2, -0.15) is 0 Å². The summed E-state index contributed by atoms with van der Waals surface area (Å²) in [4.78, 5) is 10.6. The molecule has 0 saturated heterocycles. The second-order valence-corrected chi connectivity index (χ2v) is 16.3. The molecule has 0 saturated carbocycles. The minimum Gasteiger partial charge on any atom is -0.455 e. The van der Waals surface area contributed by atoms with Crippen molar-refractivity contribution in [1.29, 1.82) is 0 Å². The van der Waals surface area contributed by atoms with Crippen molar-refractivity contribution in [3.05, 3.63) is 193 Å². The molecule has 0 bridgehead atoms. The molecule has 0 unspecified atom stereocenters. The summed E-state index contributed by atoms with van der Waals surface area (Å²) in [5, 5.41) is 6.89. The van der Waals surface area contributed by atoms with Crippen LogP contribution < -0.4 is 0 Å². The highest BCUT2D eigenvalue weighted by Crippen LogP contribution is 2.46. The van der Waals surface area contributed by atoms with E-state index in [1.165, 1.54) is 33.0 Å². The van der Waals surface area contributed by atoms with Crippen LogP contribution in [0.4, 0.5) is 0 Å². The summed E-state index contributed by atoms with van der Waals surface area (Å²) < 4.78 is 11.8. The van der Waals surface area contributed by atoms with Crippen LogP contribution >= 0.6 is 0 Å². The Hall–Kier alpha value is -7.76. The molecule has 7 aromatic carbocycles. The fourth-order valence-corrected chi connectivity index (χ4v) is 10.1. The Labute approximate surface area is 351 Å². The van der Waals surface area contributed by atoms with Crippen molar-refractivity contribution in [3.63, 3.8) is 0 Å². The lowest BCUT2D eigenvalue weighted by molar-refractivity contribution is 0.673. The van der Waals surface area contributed by atoms with Crippen molar-refractivity contribution in [2.45, 2.75) is 25.7 Å². The summed E-state index contributed by atoms with van der Waals surface area (Å²) >= 11 is 0. The van der Waals surface area contributed by atoms with Crippen molar-refractivity contribution >= 4 is 77.2 Å². The molecular formula is C56H38N4O. The molecule has 0 atom stereocenters. The SMILES string of the molecule is C1=CCCC(c2cccc(-n3c4ccccc4c4ccc5c6c7oc8ccccc8c7ccc6n(-c6cccc(-c7nc8c(c(-c9ccccc9)n7)CCC=C8)c6)c5c43)c2)=C1. The largest absolute Gasteiger partial charge is 0.455 e. The number of allylic oxidation sites excluding steroid dienone is 5. The molecule has 0 amide bonds. The standard InChI is InChI=1S/C56H38N4O/c1-3-15-35(16-4-1)37-19-13-21-39(33-37)59-48-27-11-8-23-41(48)43-29-30-46-51-49(32-31-44-42-24-9-12-28-50(42)61-55(44)51)60(54(46)53(43)59)40-22-14-20-38(34-40)56-57-47-26-10-7-25-45(47)52(58-56)36-17-5-2-6-18-36/h1-3,5-6,8-15,17-24,26-34H,4,7,16,25H2. The lowest BCUT2D eigenvalue weighted by Gasteiger charge is -2.17. The summed E-state index contributed by atoms with van der Waals surface area (Å²) in [5.41, 5.74) is 16.4. The molecule has 13 rings (SSSR count). The van der Waals surface area contributed by atoms with E-state index in [1.54, 1.807) is 0 Å². The number of rotatable bonds is 5. The van der Waals surface area contributed by atoms with E-state index in [4.69, 9.17) is 14.4 Å². The van der Waals surface area contributed by atoms with Crippen LogP contribution in [0, 0.1) is 0 Å². The quantitative estimate of drug-likeness (QED) is 0.175. The van der Waals surface area contributed by atoms with Gasteiger partial charge in [-0.15, -0.1) is 0 Å². The molecule has 2 aliphatic carbocycles. The van der Waals surface area contributed by atoms with E-state index in [2.05, 4.69) is 185 Å². The smallest absolute Gasteiger partial charge is 0.160 e. The number of nitrogens with zero attached hydrogens (tertiary/aromatic N) is 4. The number of fused-ring (bicyclic) bond motifs is 12. The summed E-state index contributed by atoms with van der Waals surface area (Å²) in [7, 11) is 0. The van der Waals surface area contributed by atoms with E-state index in [-0.39, 0.29) is 0 Å². The number of hydrogen-bond acceptors (Lipinski definition) is 3. The Morgan fingerprint density at radius 3 is 2.08 bits per heavy atom. The summed E-state index contributed by atoms with van der Waals surface area (Å²) in [6, 6.07) is 54.7. The van der Waals surface area contributed by atoms with Crippen LogP contribution in [0.15, 0.2) is 180 Å². The zero-order chi connectivity index (χ0) is 40.0. The van der Waals surface area contributed by atoms with Gasteiger partial charge in [-0.1, -0.05) is 127 Å². The summed E-state index contributed by atoms with van der Waals surface area (Å²) in [6.45, 7) is 0. The molecule has 5 nitrogen and oxygen atoms in total. The van der Waals surface area contributed by atoms with Crippen LogP contribution in [-0.2, 0) is 6.42 Å². The van der Waals surface area contributed by atoms with Gasteiger partial charge in [-0.25, -0.2) is 9.97 Å². The van der Waals surface area contributed by atoms with Gasteiger partial charge in [0, 0.05) is 55.0 Å². The molecule has 4 aromatic heterocycles. The van der Waals surface area contributed by atoms with E-state index in [1.807, 2.05) is 6.07 Å². The Morgan fingerprint density at radius 2 is 1.21 bits per heavy atom. The third-order valence-corrected chi connectivity index (χ3v) is 12.8. The Balaban J connectivity index is 1.14. The molecule has 0 aliphatic heterocycles. The molecule has 5 heteroatoms. The predicted molar refractivity (Wildman–Crippen MR) is 253 cm³/mol. The first-order valence-corrected chi connectivity index (χ1v) is 21.3. The van der Waals surface area contributed by atoms with Crippen molar-refractivity contribution < 1.29 is 4.42 Å².